The molecule has 28 heavy (non-hydrogen) atoms. The van der Waals surface area contributed by atoms with Crippen molar-refractivity contribution in [1.82, 2.24) is 0 Å². The standard InChI is InChI=1S/C14H18.C13H18O/c1-2-8-5-11-7-12(8)14-10-4-3-9(6-10)13(11)14;1-2-9-5-8(1)6-11(9)10-3-4-12-13(7-10)14-12/h2-4,9-14H,5-7H2,1H3;1-2,8-13H,3-7H2/p+1/b8-2+;. The fourth-order valence-corrected chi connectivity index (χ4v) is 9.42. The van der Waals surface area contributed by atoms with Crippen LogP contribution in [0, 0.1) is 59.2 Å². The van der Waals surface area contributed by atoms with Gasteiger partial charge in [-0.1, -0.05) is 36.0 Å². The molecule has 1 aliphatic heterocycles. The average Bonchev–Trinajstić information content (AvgIpc) is 3.38. The predicted octanol–water partition coefficient (Wildman–Crippen LogP) is 5.69. The summed E-state index contributed by atoms with van der Waals surface area (Å²) >= 11 is 0. The Morgan fingerprint density at radius 1 is 0.786 bits per heavy atom. The Labute approximate surface area is 170 Å². The SMILES string of the molecule is C/C=C1\CC2CC1C1C3C=CC(C3)C21.C1=CC2CC1CC2C1CCC2[OH+]C2C1. The van der Waals surface area contributed by atoms with Crippen LogP contribution in [0.2, 0.25) is 0 Å². The van der Waals surface area contributed by atoms with E-state index in [0.717, 1.165) is 71.4 Å². The number of ether oxygens (including phenoxy) is 1. The Morgan fingerprint density at radius 2 is 1.64 bits per heavy atom. The zero-order chi connectivity index (χ0) is 18.4. The first kappa shape index (κ1) is 16.9. The normalized spacial score (nSPS) is 59.5. The zero-order valence-electron chi connectivity index (χ0n) is 17.4. The number of allylic oxidation sites excluding steroid dienone is 6. The number of hydrogen-bond acceptors (Lipinski definition) is 0. The van der Waals surface area contributed by atoms with Crippen LogP contribution in [0.25, 0.3) is 0 Å². The lowest BCUT2D eigenvalue weighted by Gasteiger charge is -2.33. The highest BCUT2D eigenvalue weighted by atomic mass is 16.6. The molecule has 0 aromatic rings. The van der Waals surface area contributed by atoms with Gasteiger partial charge in [0.1, 0.15) is 0 Å². The van der Waals surface area contributed by atoms with Gasteiger partial charge in [0.25, 0.3) is 0 Å². The molecule has 1 nitrogen and oxygen atoms in total. The summed E-state index contributed by atoms with van der Waals surface area (Å²) < 4.78 is 4.62. The third-order valence-electron chi connectivity index (χ3n) is 10.5. The van der Waals surface area contributed by atoms with Crippen LogP contribution in [-0.2, 0) is 0 Å². The van der Waals surface area contributed by atoms with Crippen molar-refractivity contribution in [2.75, 3.05) is 0 Å². The molecule has 8 aliphatic rings. The van der Waals surface area contributed by atoms with E-state index in [9.17, 15) is 0 Å². The lowest BCUT2D eigenvalue weighted by atomic mass is 9.71. The van der Waals surface area contributed by atoms with E-state index in [1.165, 1.54) is 51.4 Å². The summed E-state index contributed by atoms with van der Waals surface area (Å²) in [7, 11) is 0. The van der Waals surface area contributed by atoms with E-state index in [1.54, 1.807) is 5.57 Å². The molecule has 150 valence electrons. The lowest BCUT2D eigenvalue weighted by molar-refractivity contribution is 0.164. The number of aliphatic hydroxyl groups is 2. The third kappa shape index (κ3) is 2.41. The summed E-state index contributed by atoms with van der Waals surface area (Å²) in [5, 5.41) is 0. The number of hydrogen-bond donors (Lipinski definition) is 0. The highest BCUT2D eigenvalue weighted by molar-refractivity contribution is 5.28. The first-order valence-electron chi connectivity index (χ1n) is 12.5. The maximum absolute atomic E-state index is 4.62. The van der Waals surface area contributed by atoms with Crippen LogP contribution in [0.15, 0.2) is 36.0 Å². The van der Waals surface area contributed by atoms with Crippen molar-refractivity contribution >= 4 is 0 Å². The van der Waals surface area contributed by atoms with Crippen molar-refractivity contribution in [3.05, 3.63) is 36.0 Å². The molecule has 0 amide bonds. The molecule has 1 heterocycles. The Bertz CT molecular complexity index is 745. The van der Waals surface area contributed by atoms with Crippen LogP contribution in [0.1, 0.15) is 58.3 Å². The minimum absolute atomic E-state index is 0.803. The van der Waals surface area contributed by atoms with E-state index < -0.39 is 0 Å². The third-order valence-corrected chi connectivity index (χ3v) is 10.5. The highest BCUT2D eigenvalue weighted by Gasteiger charge is 2.59. The molecule has 1 N–H and O–H groups in total. The molecule has 0 radical (unpaired) electrons. The minimum atomic E-state index is 0.803. The molecule has 8 rings (SSSR count). The van der Waals surface area contributed by atoms with Gasteiger partial charge >= 0.3 is 0 Å². The van der Waals surface area contributed by atoms with Gasteiger partial charge in [0, 0.05) is 12.8 Å². The van der Waals surface area contributed by atoms with E-state index >= 15 is 0 Å². The first-order valence-corrected chi connectivity index (χ1v) is 12.5. The second-order valence-electron chi connectivity index (χ2n) is 11.6. The lowest BCUT2D eigenvalue weighted by Crippen LogP contribution is -2.26. The van der Waals surface area contributed by atoms with Gasteiger partial charge in [-0.2, -0.15) is 0 Å². The average molecular weight is 378 g/mol. The van der Waals surface area contributed by atoms with Crippen molar-refractivity contribution in [2.24, 2.45) is 59.2 Å². The van der Waals surface area contributed by atoms with Crippen LogP contribution < -0.4 is 0 Å². The smallest absolute Gasteiger partial charge is 0.227 e. The molecule has 1 heteroatoms. The van der Waals surface area contributed by atoms with Crippen LogP contribution in [-0.4, -0.2) is 16.9 Å². The molecule has 0 spiro atoms. The molecule has 0 aromatic carbocycles. The number of epoxide rings is 1. The van der Waals surface area contributed by atoms with E-state index in [2.05, 4.69) is 42.0 Å². The van der Waals surface area contributed by atoms with Gasteiger partial charge in [-0.15, -0.1) is 0 Å². The molecule has 0 aromatic heterocycles. The van der Waals surface area contributed by atoms with E-state index in [4.69, 9.17) is 0 Å². The Morgan fingerprint density at radius 3 is 2.39 bits per heavy atom. The summed E-state index contributed by atoms with van der Waals surface area (Å²) in [4.78, 5) is 0. The van der Waals surface area contributed by atoms with Crippen LogP contribution in [0.4, 0.5) is 0 Å². The maximum atomic E-state index is 4.62. The van der Waals surface area contributed by atoms with E-state index in [0.29, 0.717) is 0 Å². The molecule has 6 bridgehead atoms. The van der Waals surface area contributed by atoms with Crippen molar-refractivity contribution in [2.45, 2.75) is 70.5 Å². The van der Waals surface area contributed by atoms with Gasteiger partial charge < -0.3 is 4.74 Å². The highest BCUT2D eigenvalue weighted by Crippen LogP contribution is 2.66. The van der Waals surface area contributed by atoms with Crippen molar-refractivity contribution in [3.8, 4) is 0 Å². The molecule has 1 saturated heterocycles. The number of rotatable bonds is 1. The van der Waals surface area contributed by atoms with Crippen LogP contribution in [0.5, 0.6) is 0 Å². The number of fused-ring (bicyclic) bond motifs is 12. The van der Waals surface area contributed by atoms with Crippen molar-refractivity contribution in [1.29, 1.82) is 0 Å². The molecular weight excluding hydrogens is 340 g/mol. The largest absolute Gasteiger partial charge is 0.417 e. The van der Waals surface area contributed by atoms with E-state index in [-0.39, 0.29) is 0 Å². The fourth-order valence-electron chi connectivity index (χ4n) is 9.42. The monoisotopic (exact) mass is 377 g/mol. The van der Waals surface area contributed by atoms with Gasteiger partial charge in [0.15, 0.2) is 0 Å². The van der Waals surface area contributed by atoms with Gasteiger partial charge in [0.05, 0.1) is 0 Å². The topological polar surface area (TPSA) is 12.8 Å². The van der Waals surface area contributed by atoms with Gasteiger partial charge in [0.2, 0.25) is 12.2 Å². The summed E-state index contributed by atoms with van der Waals surface area (Å²) in [6, 6.07) is 0. The maximum Gasteiger partial charge on any atom is 0.227 e. The molecule has 7 aliphatic carbocycles. The van der Waals surface area contributed by atoms with Crippen molar-refractivity contribution < 1.29 is 4.74 Å². The Balaban J connectivity index is 0.000000103. The summed E-state index contributed by atoms with van der Waals surface area (Å²) in [6.07, 6.45) is 25.8. The van der Waals surface area contributed by atoms with E-state index in [1.807, 2.05) is 0 Å². The second kappa shape index (κ2) is 6.10. The molecule has 6 fully saturated rings. The summed E-state index contributed by atoms with van der Waals surface area (Å²) in [5.41, 5.74) is 1.80. The Kier molecular flexibility index (Phi) is 3.68. The summed E-state index contributed by atoms with van der Waals surface area (Å²) in [5.74, 6) is 10.2. The van der Waals surface area contributed by atoms with Crippen molar-refractivity contribution in [3.63, 3.8) is 0 Å². The summed E-state index contributed by atoms with van der Waals surface area (Å²) in [6.45, 7) is 2.24. The molecular formula is C27H37O+. The Hall–Kier alpha value is -0.820. The fraction of sp³-hybridized carbons (Fsp3) is 0.778. The van der Waals surface area contributed by atoms with Gasteiger partial charge in [-0.25, -0.2) is 0 Å². The quantitative estimate of drug-likeness (QED) is 0.241. The molecule has 12 unspecified atom stereocenters. The predicted molar refractivity (Wildman–Crippen MR) is 114 cm³/mol. The zero-order valence-corrected chi connectivity index (χ0v) is 17.4. The molecule has 12 atom stereocenters. The van der Waals surface area contributed by atoms with Crippen LogP contribution >= 0.6 is 0 Å². The van der Waals surface area contributed by atoms with Gasteiger partial charge in [-0.05, 0) is 105 Å². The molecule has 5 saturated carbocycles. The van der Waals surface area contributed by atoms with Crippen LogP contribution in [0.3, 0.4) is 0 Å². The second-order valence-corrected chi connectivity index (χ2v) is 11.6. The van der Waals surface area contributed by atoms with Gasteiger partial charge in [-0.3, -0.25) is 0 Å². The first-order chi connectivity index (χ1) is 13.8. The minimum Gasteiger partial charge on any atom is -0.417 e.